The van der Waals surface area contributed by atoms with Crippen molar-refractivity contribution in [3.8, 4) is 0 Å². The molecule has 0 aliphatic carbocycles. The Kier molecular flexibility index (Phi) is 3.43. The van der Waals surface area contributed by atoms with E-state index in [0.717, 1.165) is 17.8 Å². The van der Waals surface area contributed by atoms with E-state index in [1.807, 2.05) is 6.07 Å². The van der Waals surface area contributed by atoms with Gasteiger partial charge in [-0.25, -0.2) is 9.37 Å². The molecule has 3 nitrogen and oxygen atoms in total. The first-order valence-corrected chi connectivity index (χ1v) is 5.09. The van der Waals surface area contributed by atoms with Crippen LogP contribution in [0, 0.1) is 5.82 Å². The number of aromatic nitrogens is 2. The van der Waals surface area contributed by atoms with E-state index in [9.17, 15) is 4.39 Å². The fraction of sp³-hybridized carbons (Fsp3) is 0.167. The van der Waals surface area contributed by atoms with Crippen LogP contribution in [0.2, 0.25) is 0 Å². The minimum Gasteiger partial charge on any atom is -0.368 e. The van der Waals surface area contributed by atoms with E-state index in [1.54, 1.807) is 30.7 Å². The van der Waals surface area contributed by atoms with Crippen LogP contribution in [0.5, 0.6) is 0 Å². The maximum Gasteiger partial charge on any atom is 0.144 e. The topological polar surface area (TPSA) is 37.8 Å². The quantitative estimate of drug-likeness (QED) is 0.853. The predicted molar refractivity (Wildman–Crippen MR) is 60.6 cm³/mol. The summed E-state index contributed by atoms with van der Waals surface area (Å²) in [6.07, 6.45) is 5.67. The standard InChI is InChI=1S/C12H12FN3/c13-11-3-1-2-10(8-11)4-5-15-12-9-14-6-7-16-12/h1-3,6-9H,4-5H2,(H,15,16). The Bertz CT molecular complexity index is 445. The summed E-state index contributed by atoms with van der Waals surface area (Å²) in [5.41, 5.74) is 0.969. The summed E-state index contributed by atoms with van der Waals surface area (Å²) < 4.78 is 12.9. The van der Waals surface area contributed by atoms with Crippen molar-refractivity contribution >= 4 is 5.82 Å². The second kappa shape index (κ2) is 5.21. The summed E-state index contributed by atoms with van der Waals surface area (Å²) in [6.45, 7) is 0.710. The second-order valence-corrected chi connectivity index (χ2v) is 3.40. The summed E-state index contributed by atoms with van der Waals surface area (Å²) in [5, 5.41) is 3.12. The molecule has 1 aromatic carbocycles. The van der Waals surface area contributed by atoms with E-state index in [0.29, 0.717) is 6.54 Å². The summed E-state index contributed by atoms with van der Waals surface area (Å²) >= 11 is 0. The molecule has 1 heterocycles. The smallest absolute Gasteiger partial charge is 0.144 e. The molecule has 16 heavy (non-hydrogen) atoms. The monoisotopic (exact) mass is 217 g/mol. The van der Waals surface area contributed by atoms with E-state index < -0.39 is 0 Å². The number of anilines is 1. The highest BCUT2D eigenvalue weighted by Crippen LogP contribution is 2.05. The Balaban J connectivity index is 1.85. The van der Waals surface area contributed by atoms with E-state index in [2.05, 4.69) is 15.3 Å². The number of nitrogens with zero attached hydrogens (tertiary/aromatic N) is 2. The predicted octanol–water partition coefficient (Wildman–Crippen LogP) is 2.27. The molecule has 0 saturated heterocycles. The maximum absolute atomic E-state index is 12.9. The SMILES string of the molecule is Fc1cccc(CCNc2cnccn2)c1. The van der Waals surface area contributed by atoms with E-state index >= 15 is 0 Å². The zero-order valence-corrected chi connectivity index (χ0v) is 8.73. The third-order valence-corrected chi connectivity index (χ3v) is 2.17. The van der Waals surface area contributed by atoms with Crippen molar-refractivity contribution in [3.05, 3.63) is 54.2 Å². The van der Waals surface area contributed by atoms with Gasteiger partial charge in [-0.2, -0.15) is 0 Å². The zero-order chi connectivity index (χ0) is 11.2. The molecule has 2 aromatic rings. The average Bonchev–Trinajstić information content (AvgIpc) is 2.30. The molecule has 1 N–H and O–H groups in total. The first-order valence-electron chi connectivity index (χ1n) is 5.09. The van der Waals surface area contributed by atoms with Crippen molar-refractivity contribution in [2.75, 3.05) is 11.9 Å². The number of hydrogen-bond donors (Lipinski definition) is 1. The minimum absolute atomic E-state index is 0.197. The fourth-order valence-corrected chi connectivity index (χ4v) is 1.42. The largest absolute Gasteiger partial charge is 0.368 e. The highest BCUT2D eigenvalue weighted by atomic mass is 19.1. The van der Waals surface area contributed by atoms with Crippen molar-refractivity contribution in [1.82, 2.24) is 9.97 Å². The molecule has 0 aliphatic rings. The molecule has 82 valence electrons. The van der Waals surface area contributed by atoms with E-state index in [-0.39, 0.29) is 5.82 Å². The van der Waals surface area contributed by atoms with Gasteiger partial charge in [-0.05, 0) is 24.1 Å². The van der Waals surface area contributed by atoms with Gasteiger partial charge in [-0.1, -0.05) is 12.1 Å². The van der Waals surface area contributed by atoms with Crippen LogP contribution in [-0.4, -0.2) is 16.5 Å². The Morgan fingerprint density at radius 1 is 1.25 bits per heavy atom. The molecule has 0 atom stereocenters. The summed E-state index contributed by atoms with van der Waals surface area (Å²) in [6, 6.07) is 6.60. The fourth-order valence-electron chi connectivity index (χ4n) is 1.42. The first-order chi connectivity index (χ1) is 7.84. The lowest BCUT2D eigenvalue weighted by Crippen LogP contribution is -2.06. The van der Waals surface area contributed by atoms with Crippen LogP contribution in [0.15, 0.2) is 42.9 Å². The molecule has 0 spiro atoms. The van der Waals surface area contributed by atoms with Gasteiger partial charge in [0.05, 0.1) is 6.20 Å². The highest BCUT2D eigenvalue weighted by Gasteiger charge is 1.96. The number of rotatable bonds is 4. The van der Waals surface area contributed by atoms with Crippen LogP contribution < -0.4 is 5.32 Å². The van der Waals surface area contributed by atoms with Crippen molar-refractivity contribution in [2.45, 2.75) is 6.42 Å². The van der Waals surface area contributed by atoms with Gasteiger partial charge in [0.2, 0.25) is 0 Å². The number of benzene rings is 1. The molecular formula is C12H12FN3. The van der Waals surface area contributed by atoms with Crippen LogP contribution in [0.4, 0.5) is 10.2 Å². The Morgan fingerprint density at radius 3 is 2.94 bits per heavy atom. The molecular weight excluding hydrogens is 205 g/mol. The minimum atomic E-state index is -0.197. The number of nitrogens with one attached hydrogen (secondary N) is 1. The Labute approximate surface area is 93.4 Å². The summed E-state index contributed by atoms with van der Waals surface area (Å²) in [5.74, 6) is 0.538. The van der Waals surface area contributed by atoms with Gasteiger partial charge >= 0.3 is 0 Å². The summed E-state index contributed by atoms with van der Waals surface area (Å²) in [4.78, 5) is 8.02. The molecule has 0 bridgehead atoms. The highest BCUT2D eigenvalue weighted by molar-refractivity contribution is 5.30. The molecule has 0 radical (unpaired) electrons. The molecule has 0 aliphatic heterocycles. The molecule has 0 amide bonds. The van der Waals surface area contributed by atoms with Crippen molar-refractivity contribution in [2.24, 2.45) is 0 Å². The van der Waals surface area contributed by atoms with Gasteiger partial charge in [0.1, 0.15) is 11.6 Å². The number of hydrogen-bond acceptors (Lipinski definition) is 3. The van der Waals surface area contributed by atoms with E-state index in [1.165, 1.54) is 6.07 Å². The molecule has 0 fully saturated rings. The van der Waals surface area contributed by atoms with Crippen molar-refractivity contribution in [1.29, 1.82) is 0 Å². The molecule has 0 unspecified atom stereocenters. The maximum atomic E-state index is 12.9. The first kappa shape index (κ1) is 10.5. The van der Waals surface area contributed by atoms with Gasteiger partial charge in [0.25, 0.3) is 0 Å². The molecule has 1 aromatic heterocycles. The lowest BCUT2D eigenvalue weighted by atomic mass is 10.1. The van der Waals surface area contributed by atoms with Crippen LogP contribution in [0.1, 0.15) is 5.56 Å². The van der Waals surface area contributed by atoms with Gasteiger partial charge in [-0.3, -0.25) is 4.98 Å². The number of halogens is 1. The van der Waals surface area contributed by atoms with Crippen molar-refractivity contribution < 1.29 is 4.39 Å². The molecule has 0 saturated carbocycles. The van der Waals surface area contributed by atoms with Crippen LogP contribution >= 0.6 is 0 Å². The van der Waals surface area contributed by atoms with Crippen molar-refractivity contribution in [3.63, 3.8) is 0 Å². The van der Waals surface area contributed by atoms with Gasteiger partial charge < -0.3 is 5.32 Å². The Morgan fingerprint density at radius 2 is 2.19 bits per heavy atom. The lowest BCUT2D eigenvalue weighted by Gasteiger charge is -2.04. The zero-order valence-electron chi connectivity index (χ0n) is 8.73. The molecule has 2 rings (SSSR count). The van der Waals surface area contributed by atoms with Crippen LogP contribution in [0.25, 0.3) is 0 Å². The van der Waals surface area contributed by atoms with Gasteiger partial charge in [0, 0.05) is 18.9 Å². The summed E-state index contributed by atoms with van der Waals surface area (Å²) in [7, 11) is 0. The van der Waals surface area contributed by atoms with Gasteiger partial charge in [0.15, 0.2) is 0 Å². The average molecular weight is 217 g/mol. The third kappa shape index (κ3) is 3.02. The van der Waals surface area contributed by atoms with Crippen LogP contribution in [0.3, 0.4) is 0 Å². The van der Waals surface area contributed by atoms with Gasteiger partial charge in [-0.15, -0.1) is 0 Å². The lowest BCUT2D eigenvalue weighted by molar-refractivity contribution is 0.625. The third-order valence-electron chi connectivity index (χ3n) is 2.17. The van der Waals surface area contributed by atoms with Crippen LogP contribution in [-0.2, 0) is 6.42 Å². The molecule has 4 heteroatoms. The Hall–Kier alpha value is -1.97. The van der Waals surface area contributed by atoms with E-state index in [4.69, 9.17) is 0 Å². The normalized spacial score (nSPS) is 10.1. The second-order valence-electron chi connectivity index (χ2n) is 3.40.